The Hall–Kier alpha value is -2.84. The van der Waals surface area contributed by atoms with Crippen molar-refractivity contribution in [3.05, 3.63) is 76.0 Å². The molecule has 0 aliphatic heterocycles. The van der Waals surface area contributed by atoms with Crippen LogP contribution in [0.5, 0.6) is 5.75 Å². The van der Waals surface area contributed by atoms with Gasteiger partial charge in [0.15, 0.2) is 0 Å². The lowest BCUT2D eigenvalue weighted by molar-refractivity contribution is -0.120. The second-order valence-electron chi connectivity index (χ2n) is 6.72. The number of anilines is 1. The van der Waals surface area contributed by atoms with Gasteiger partial charge in [-0.1, -0.05) is 24.3 Å². The summed E-state index contributed by atoms with van der Waals surface area (Å²) in [6.45, 7) is 4.51. The van der Waals surface area contributed by atoms with Gasteiger partial charge in [-0.15, -0.1) is 11.3 Å². The van der Waals surface area contributed by atoms with Gasteiger partial charge >= 0.3 is 0 Å². The number of thiophene rings is 1. The average molecular weight is 445 g/mol. The zero-order valence-corrected chi connectivity index (χ0v) is 18.5. The Bertz CT molecular complexity index is 1090. The normalized spacial score (nSPS) is 11.1. The molecule has 0 aliphatic carbocycles. The predicted molar refractivity (Wildman–Crippen MR) is 119 cm³/mol. The summed E-state index contributed by atoms with van der Waals surface area (Å²) >= 11 is 1.59. The van der Waals surface area contributed by atoms with Crippen molar-refractivity contribution < 1.29 is 17.9 Å². The summed E-state index contributed by atoms with van der Waals surface area (Å²) in [6.07, 6.45) is 0.227. The number of nitrogens with one attached hydrogen (secondary N) is 2. The zero-order chi connectivity index (χ0) is 21.6. The third-order valence-corrected chi connectivity index (χ3v) is 6.58. The number of carbonyl (C=O) groups excluding carboxylic acids is 1. The molecule has 0 saturated heterocycles. The van der Waals surface area contributed by atoms with Crippen molar-refractivity contribution in [3.63, 3.8) is 0 Å². The topological polar surface area (TPSA) is 84.5 Å². The van der Waals surface area contributed by atoms with E-state index in [-0.39, 0.29) is 17.2 Å². The number of rotatable bonds is 9. The van der Waals surface area contributed by atoms with Crippen LogP contribution in [-0.2, 0) is 27.8 Å². The van der Waals surface area contributed by atoms with Crippen LogP contribution in [0.4, 0.5) is 5.69 Å². The molecule has 0 saturated carbocycles. The van der Waals surface area contributed by atoms with E-state index in [0.717, 1.165) is 16.0 Å². The molecule has 0 unspecified atom stereocenters. The van der Waals surface area contributed by atoms with Gasteiger partial charge in [0.05, 0.1) is 19.6 Å². The molecule has 3 rings (SSSR count). The highest BCUT2D eigenvalue weighted by atomic mass is 32.2. The van der Waals surface area contributed by atoms with Gasteiger partial charge in [-0.3, -0.25) is 9.52 Å². The minimum atomic E-state index is -3.81. The first kappa shape index (κ1) is 21.9. The molecule has 0 bridgehead atoms. The van der Waals surface area contributed by atoms with Gasteiger partial charge < -0.3 is 10.1 Å². The van der Waals surface area contributed by atoms with Crippen LogP contribution in [0.3, 0.4) is 0 Å². The summed E-state index contributed by atoms with van der Waals surface area (Å²) in [4.78, 5) is 13.3. The summed E-state index contributed by atoms with van der Waals surface area (Å²) in [5.41, 5.74) is 2.04. The van der Waals surface area contributed by atoms with E-state index in [0.29, 0.717) is 24.6 Å². The van der Waals surface area contributed by atoms with Crippen LogP contribution in [0, 0.1) is 6.92 Å². The standard InChI is InChI=1S/C22H24N2O4S2/c1-3-28-20-11-6-16(2)13-21(20)30(26,27)24-18-9-7-17(8-10-18)14-22(25)23-15-19-5-4-12-29-19/h4-13,24H,3,14-15H2,1-2H3,(H,23,25). The molecule has 0 spiro atoms. The van der Waals surface area contributed by atoms with Gasteiger partial charge in [0.1, 0.15) is 10.6 Å². The molecular formula is C22H24N2O4S2. The molecule has 0 radical (unpaired) electrons. The van der Waals surface area contributed by atoms with E-state index < -0.39 is 10.0 Å². The van der Waals surface area contributed by atoms with Crippen LogP contribution < -0.4 is 14.8 Å². The minimum Gasteiger partial charge on any atom is -0.492 e. The molecule has 8 heteroatoms. The van der Waals surface area contributed by atoms with Crippen LogP contribution in [0.1, 0.15) is 22.9 Å². The van der Waals surface area contributed by atoms with Gasteiger partial charge in [0.25, 0.3) is 10.0 Å². The van der Waals surface area contributed by atoms with E-state index in [1.807, 2.05) is 30.5 Å². The van der Waals surface area contributed by atoms with Gasteiger partial charge in [-0.05, 0) is 60.7 Å². The number of aryl methyl sites for hydroxylation is 1. The van der Waals surface area contributed by atoms with E-state index in [9.17, 15) is 13.2 Å². The van der Waals surface area contributed by atoms with E-state index >= 15 is 0 Å². The minimum absolute atomic E-state index is 0.0853. The Balaban J connectivity index is 1.65. The number of carbonyl (C=O) groups is 1. The largest absolute Gasteiger partial charge is 0.492 e. The fraction of sp³-hybridized carbons (Fsp3) is 0.227. The van der Waals surface area contributed by atoms with Gasteiger partial charge in [0, 0.05) is 10.6 Å². The number of hydrogen-bond donors (Lipinski definition) is 2. The highest BCUT2D eigenvalue weighted by Gasteiger charge is 2.20. The van der Waals surface area contributed by atoms with Gasteiger partial charge in [0.2, 0.25) is 5.91 Å². The number of sulfonamides is 1. The van der Waals surface area contributed by atoms with Crippen molar-refractivity contribution in [2.75, 3.05) is 11.3 Å². The van der Waals surface area contributed by atoms with Gasteiger partial charge in [-0.25, -0.2) is 8.42 Å². The number of benzene rings is 2. The Labute approximate surface area is 181 Å². The molecule has 1 aromatic heterocycles. The van der Waals surface area contributed by atoms with Crippen molar-refractivity contribution in [1.29, 1.82) is 0 Å². The van der Waals surface area contributed by atoms with E-state index in [1.165, 1.54) is 0 Å². The second kappa shape index (κ2) is 9.77. The molecule has 2 N–H and O–H groups in total. The maximum Gasteiger partial charge on any atom is 0.265 e. The first-order valence-electron chi connectivity index (χ1n) is 9.51. The van der Waals surface area contributed by atoms with Crippen LogP contribution >= 0.6 is 11.3 Å². The number of ether oxygens (including phenoxy) is 1. The molecule has 30 heavy (non-hydrogen) atoms. The SMILES string of the molecule is CCOc1ccc(C)cc1S(=O)(=O)Nc1ccc(CC(=O)NCc2cccs2)cc1. The van der Waals surface area contributed by atoms with Crippen molar-refractivity contribution in [1.82, 2.24) is 5.32 Å². The quantitative estimate of drug-likeness (QED) is 0.520. The van der Waals surface area contributed by atoms with Crippen molar-refractivity contribution in [2.45, 2.75) is 31.7 Å². The predicted octanol–water partition coefficient (Wildman–Crippen LogP) is 4.11. The maximum atomic E-state index is 12.9. The number of amides is 1. The van der Waals surface area contributed by atoms with Crippen LogP contribution in [0.25, 0.3) is 0 Å². The molecule has 0 fully saturated rings. The summed E-state index contributed by atoms with van der Waals surface area (Å²) in [6, 6.07) is 15.7. The highest BCUT2D eigenvalue weighted by molar-refractivity contribution is 7.92. The maximum absolute atomic E-state index is 12.9. The Morgan fingerprint density at radius 1 is 1.10 bits per heavy atom. The fourth-order valence-corrected chi connectivity index (χ4v) is 4.78. The van der Waals surface area contributed by atoms with Crippen LogP contribution in [0.2, 0.25) is 0 Å². The summed E-state index contributed by atoms with van der Waals surface area (Å²) in [5, 5.41) is 4.85. The fourth-order valence-electron chi connectivity index (χ4n) is 2.85. The molecular weight excluding hydrogens is 420 g/mol. The molecule has 0 atom stereocenters. The van der Waals surface area contributed by atoms with Crippen molar-refractivity contribution >= 4 is 33.0 Å². The molecule has 2 aromatic carbocycles. The Morgan fingerprint density at radius 2 is 1.87 bits per heavy atom. The molecule has 1 amide bonds. The monoisotopic (exact) mass is 444 g/mol. The molecule has 1 heterocycles. The van der Waals surface area contributed by atoms with Crippen molar-refractivity contribution in [2.24, 2.45) is 0 Å². The number of hydrogen-bond acceptors (Lipinski definition) is 5. The first-order chi connectivity index (χ1) is 14.4. The Kier molecular flexibility index (Phi) is 7.12. The molecule has 158 valence electrons. The van der Waals surface area contributed by atoms with Crippen molar-refractivity contribution in [3.8, 4) is 5.75 Å². The molecule has 6 nitrogen and oxygen atoms in total. The lowest BCUT2D eigenvalue weighted by Crippen LogP contribution is -2.24. The van der Waals surface area contributed by atoms with E-state index in [4.69, 9.17) is 4.74 Å². The van der Waals surface area contributed by atoms with Crippen LogP contribution in [0.15, 0.2) is 64.9 Å². The highest BCUT2D eigenvalue weighted by Crippen LogP contribution is 2.27. The molecule has 0 aliphatic rings. The lowest BCUT2D eigenvalue weighted by atomic mass is 10.1. The van der Waals surface area contributed by atoms with E-state index in [2.05, 4.69) is 10.0 Å². The summed E-state index contributed by atoms with van der Waals surface area (Å²) in [7, 11) is -3.81. The second-order valence-corrected chi connectivity index (χ2v) is 9.40. The smallest absolute Gasteiger partial charge is 0.265 e. The third kappa shape index (κ3) is 5.84. The Morgan fingerprint density at radius 3 is 2.53 bits per heavy atom. The van der Waals surface area contributed by atoms with Gasteiger partial charge in [-0.2, -0.15) is 0 Å². The zero-order valence-electron chi connectivity index (χ0n) is 16.8. The third-order valence-electron chi connectivity index (χ3n) is 4.30. The first-order valence-corrected chi connectivity index (χ1v) is 11.9. The lowest BCUT2D eigenvalue weighted by Gasteiger charge is -2.13. The molecule has 3 aromatic rings. The van der Waals surface area contributed by atoms with Crippen LogP contribution in [-0.4, -0.2) is 20.9 Å². The van der Waals surface area contributed by atoms with E-state index in [1.54, 1.807) is 54.7 Å². The summed E-state index contributed by atoms with van der Waals surface area (Å²) in [5.74, 6) is 0.229. The summed E-state index contributed by atoms with van der Waals surface area (Å²) < 4.78 is 33.8. The average Bonchev–Trinajstić information content (AvgIpc) is 3.23.